The number of benzene rings is 1. The largest absolute Gasteiger partial charge is 0.480 e. The molecule has 0 radical (unpaired) electrons. The summed E-state index contributed by atoms with van der Waals surface area (Å²) in [4.78, 5) is 91.3. The smallest absolute Gasteiger partial charge is 0.320 e. The molecule has 3 rings (SSSR count). The number of hydrogen-bond donors (Lipinski definition) is 8. The molecular formula is C33H49BN8O11. The van der Waals surface area contributed by atoms with Gasteiger partial charge in [-0.05, 0) is 49.9 Å². The Kier molecular flexibility index (Phi) is 17.2. The number of amides is 4. The summed E-state index contributed by atoms with van der Waals surface area (Å²) in [6.07, 6.45) is 1.66. The fraction of sp³-hybridized carbons (Fsp3) is 0.545. The molecule has 20 heteroatoms. The molecule has 4 amide bonds. The first-order valence-electron chi connectivity index (χ1n) is 17.5. The molecule has 1 aromatic carbocycles. The van der Waals surface area contributed by atoms with E-state index in [1.807, 2.05) is 0 Å². The van der Waals surface area contributed by atoms with Crippen LogP contribution in [0.15, 0.2) is 36.5 Å². The third-order valence-corrected chi connectivity index (χ3v) is 9.00. The lowest BCUT2D eigenvalue weighted by molar-refractivity contribution is -0.144. The first-order valence-corrected chi connectivity index (χ1v) is 17.5. The van der Waals surface area contributed by atoms with Crippen LogP contribution in [0.4, 0.5) is 5.69 Å². The van der Waals surface area contributed by atoms with Gasteiger partial charge in [-0.2, -0.15) is 0 Å². The van der Waals surface area contributed by atoms with Crippen molar-refractivity contribution in [1.82, 2.24) is 35.7 Å². The fourth-order valence-electron chi connectivity index (χ4n) is 6.10. The molecule has 290 valence electrons. The molecular weight excluding hydrogens is 695 g/mol. The van der Waals surface area contributed by atoms with Gasteiger partial charge in [0, 0.05) is 76.7 Å². The number of carbonyl (C=O) groups excluding carboxylic acids is 4. The number of anilines is 1. The van der Waals surface area contributed by atoms with E-state index in [9.17, 15) is 53.9 Å². The Balaban J connectivity index is 1.37. The second-order valence-electron chi connectivity index (χ2n) is 12.9. The maximum absolute atomic E-state index is 12.6. The van der Waals surface area contributed by atoms with E-state index >= 15 is 0 Å². The number of rotatable bonds is 19. The quantitative estimate of drug-likeness (QED) is 0.0326. The van der Waals surface area contributed by atoms with Crippen molar-refractivity contribution >= 4 is 54.7 Å². The fourth-order valence-corrected chi connectivity index (χ4v) is 6.10. The molecule has 8 N–H and O–H groups in total. The molecule has 2 aliphatic rings. The van der Waals surface area contributed by atoms with Crippen molar-refractivity contribution in [2.75, 3.05) is 70.9 Å². The molecule has 2 heterocycles. The molecule has 2 aliphatic heterocycles. The van der Waals surface area contributed by atoms with Crippen LogP contribution in [0.3, 0.4) is 0 Å². The zero-order valence-corrected chi connectivity index (χ0v) is 29.6. The molecule has 0 aliphatic carbocycles. The van der Waals surface area contributed by atoms with E-state index in [-0.39, 0.29) is 95.7 Å². The monoisotopic (exact) mass is 744 g/mol. The van der Waals surface area contributed by atoms with Crippen LogP contribution >= 0.6 is 0 Å². The summed E-state index contributed by atoms with van der Waals surface area (Å²) < 4.78 is 0. The van der Waals surface area contributed by atoms with E-state index in [1.54, 1.807) is 26.8 Å². The van der Waals surface area contributed by atoms with Crippen molar-refractivity contribution in [1.29, 1.82) is 0 Å². The SMILES string of the molecule is C=C(NC(=O)c1ccc(NNC(=O)CCCNC(=O)CCC(C(=O)O)N2CCN(CC(=O)O)CCN(CC(=O)O)CC2)cc1)C(=O)N1CCCC1BO. The Bertz CT molecular complexity index is 1450. The summed E-state index contributed by atoms with van der Waals surface area (Å²) in [7, 11) is -0.160. The van der Waals surface area contributed by atoms with Gasteiger partial charge in [0.15, 0.2) is 0 Å². The second kappa shape index (κ2) is 21.5. The molecule has 19 nitrogen and oxygen atoms in total. The minimum absolute atomic E-state index is 0.0274. The lowest BCUT2D eigenvalue weighted by atomic mass is 9.86. The maximum Gasteiger partial charge on any atom is 0.320 e. The maximum atomic E-state index is 12.6. The topological polar surface area (TPSA) is 261 Å². The standard InChI is InChI=1S/C33H49BN8O11/c1-22(32(50)42-13-3-4-26(42)34-53)36-31(49)23-6-8-24(9-7-23)37-38-28(44)5-2-12-35-27(43)11-10-25(33(51)52)41-18-16-39(20-29(45)46)14-15-40(17-19-41)21-30(47)48/h6-9,25-26,34,37,53H,1-5,10-21H2,(H,35,43)(H,36,49)(H,38,44)(H,45,46)(H,47,48)(H,51,52). The van der Waals surface area contributed by atoms with E-state index in [1.165, 1.54) is 17.0 Å². The predicted octanol–water partition coefficient (Wildman–Crippen LogP) is -2.12. The minimum atomic E-state index is -1.15. The van der Waals surface area contributed by atoms with Gasteiger partial charge < -0.3 is 35.9 Å². The third-order valence-electron chi connectivity index (χ3n) is 9.00. The van der Waals surface area contributed by atoms with Gasteiger partial charge in [-0.15, -0.1) is 0 Å². The van der Waals surface area contributed by atoms with E-state index < -0.39 is 41.7 Å². The average molecular weight is 745 g/mol. The molecule has 1 aromatic rings. The van der Waals surface area contributed by atoms with Gasteiger partial charge in [0.2, 0.25) is 11.8 Å². The molecule has 2 saturated heterocycles. The van der Waals surface area contributed by atoms with E-state index in [0.717, 1.165) is 6.42 Å². The van der Waals surface area contributed by atoms with Gasteiger partial charge in [0.1, 0.15) is 6.04 Å². The second-order valence-corrected chi connectivity index (χ2v) is 12.9. The highest BCUT2D eigenvalue weighted by Gasteiger charge is 2.31. The summed E-state index contributed by atoms with van der Waals surface area (Å²) in [6, 6.07) is 5.05. The van der Waals surface area contributed by atoms with Gasteiger partial charge in [0.05, 0.1) is 24.5 Å². The van der Waals surface area contributed by atoms with Crippen molar-refractivity contribution in [3.8, 4) is 0 Å². The highest BCUT2D eigenvalue weighted by molar-refractivity contribution is 6.29. The number of aliphatic carboxylic acids is 3. The number of hydrogen-bond acceptors (Lipinski definition) is 12. The Labute approximate surface area is 307 Å². The number of carboxylic acid groups (broad SMARTS) is 3. The van der Waals surface area contributed by atoms with Gasteiger partial charge in [-0.25, -0.2) is 0 Å². The molecule has 2 atom stereocenters. The highest BCUT2D eigenvalue weighted by Crippen LogP contribution is 2.18. The van der Waals surface area contributed by atoms with Gasteiger partial charge >= 0.3 is 17.9 Å². The normalized spacial score (nSPS) is 17.7. The van der Waals surface area contributed by atoms with Crippen molar-refractivity contribution in [3.05, 3.63) is 42.1 Å². The third kappa shape index (κ3) is 14.5. The molecule has 0 saturated carbocycles. The Morgan fingerprint density at radius 3 is 2.00 bits per heavy atom. The molecule has 0 aromatic heterocycles. The van der Waals surface area contributed by atoms with Crippen LogP contribution in [-0.4, -0.2) is 166 Å². The number of nitrogens with zero attached hydrogens (tertiary/aromatic N) is 4. The highest BCUT2D eigenvalue weighted by atomic mass is 16.4. The summed E-state index contributed by atoms with van der Waals surface area (Å²) in [5.74, 6) is -5.31. The van der Waals surface area contributed by atoms with Crippen LogP contribution in [0, 0.1) is 0 Å². The Morgan fingerprint density at radius 1 is 0.830 bits per heavy atom. The summed E-state index contributed by atoms with van der Waals surface area (Å²) in [5.41, 5.74) is 5.90. The van der Waals surface area contributed by atoms with Crippen molar-refractivity contribution < 1.29 is 53.9 Å². The zero-order valence-electron chi connectivity index (χ0n) is 29.6. The summed E-state index contributed by atoms with van der Waals surface area (Å²) in [6.45, 7) is 5.35. The van der Waals surface area contributed by atoms with Crippen LogP contribution < -0.4 is 21.5 Å². The van der Waals surface area contributed by atoms with Gasteiger partial charge in [-0.1, -0.05) is 6.58 Å². The summed E-state index contributed by atoms with van der Waals surface area (Å²) >= 11 is 0. The lowest BCUT2D eigenvalue weighted by Crippen LogP contribution is -2.47. The first-order chi connectivity index (χ1) is 25.3. The molecule has 2 unspecified atom stereocenters. The van der Waals surface area contributed by atoms with Crippen LogP contribution in [0.1, 0.15) is 48.9 Å². The number of carbonyl (C=O) groups is 7. The number of hydrazine groups is 1. The van der Waals surface area contributed by atoms with E-state index in [0.29, 0.717) is 38.2 Å². The van der Waals surface area contributed by atoms with Crippen molar-refractivity contribution in [2.45, 2.75) is 50.5 Å². The van der Waals surface area contributed by atoms with Crippen LogP contribution in [0.5, 0.6) is 0 Å². The molecule has 0 spiro atoms. The van der Waals surface area contributed by atoms with Crippen LogP contribution in [0.2, 0.25) is 0 Å². The summed E-state index contributed by atoms with van der Waals surface area (Å²) in [5, 5.41) is 43.1. The molecule has 2 fully saturated rings. The number of nitrogens with one attached hydrogen (secondary N) is 4. The van der Waals surface area contributed by atoms with E-state index in [4.69, 9.17) is 0 Å². The van der Waals surface area contributed by atoms with Crippen LogP contribution in [-0.2, 0) is 28.8 Å². The Hall–Kier alpha value is -5.05. The van der Waals surface area contributed by atoms with Crippen molar-refractivity contribution in [3.63, 3.8) is 0 Å². The minimum Gasteiger partial charge on any atom is -0.480 e. The van der Waals surface area contributed by atoms with Crippen LogP contribution in [0.25, 0.3) is 0 Å². The number of carboxylic acids is 3. The molecule has 53 heavy (non-hydrogen) atoms. The zero-order chi connectivity index (χ0) is 38.9. The number of likely N-dealkylation sites (tertiary alicyclic amines) is 1. The van der Waals surface area contributed by atoms with Crippen molar-refractivity contribution in [2.24, 2.45) is 0 Å². The van der Waals surface area contributed by atoms with Gasteiger partial charge in [0.25, 0.3) is 19.3 Å². The lowest BCUT2D eigenvalue weighted by Gasteiger charge is -2.30. The predicted molar refractivity (Wildman–Crippen MR) is 192 cm³/mol. The van der Waals surface area contributed by atoms with E-state index in [2.05, 4.69) is 28.1 Å². The average Bonchev–Trinajstić information content (AvgIpc) is 3.62. The van der Waals surface area contributed by atoms with Gasteiger partial charge in [-0.3, -0.25) is 59.1 Å². The molecule has 0 bridgehead atoms. The Morgan fingerprint density at radius 2 is 1.43 bits per heavy atom. The first kappa shape index (κ1) is 42.4.